The molecule has 0 aliphatic carbocycles. The summed E-state index contributed by atoms with van der Waals surface area (Å²) in [6, 6.07) is 14.4. The van der Waals surface area contributed by atoms with Crippen LogP contribution in [0.25, 0.3) is 16.9 Å². The van der Waals surface area contributed by atoms with E-state index < -0.39 is 4.92 Å². The second-order valence-corrected chi connectivity index (χ2v) is 6.19. The summed E-state index contributed by atoms with van der Waals surface area (Å²) < 4.78 is 2.23. The summed E-state index contributed by atoms with van der Waals surface area (Å²) in [6.07, 6.45) is 1.25. The van der Waals surface area contributed by atoms with E-state index in [9.17, 15) is 10.1 Å². The third kappa shape index (κ3) is 2.86. The Hall–Kier alpha value is -3.40. The molecule has 0 saturated carbocycles. The van der Waals surface area contributed by atoms with Gasteiger partial charge in [0.15, 0.2) is 0 Å². The van der Waals surface area contributed by atoms with Gasteiger partial charge >= 0.3 is 5.69 Å². The molecule has 0 radical (unpaired) electrons. The number of hydrogen-bond acceptors (Lipinski definition) is 7. The van der Waals surface area contributed by atoms with Crippen LogP contribution in [0.3, 0.4) is 0 Å². The van der Waals surface area contributed by atoms with Gasteiger partial charge in [0.1, 0.15) is 11.8 Å². The summed E-state index contributed by atoms with van der Waals surface area (Å²) in [6.45, 7) is 0. The van der Waals surface area contributed by atoms with Crippen molar-refractivity contribution in [1.82, 2.24) is 25.0 Å². The summed E-state index contributed by atoms with van der Waals surface area (Å²) in [7, 11) is 0. The molecule has 0 aliphatic heterocycles. The first-order valence-corrected chi connectivity index (χ1v) is 8.25. The number of nitrogens with zero attached hydrogens (tertiary/aromatic N) is 6. The largest absolute Gasteiger partial charge is 0.356 e. The van der Waals surface area contributed by atoms with Crippen LogP contribution in [0.2, 0.25) is 0 Å². The van der Waals surface area contributed by atoms with E-state index in [-0.39, 0.29) is 17.3 Å². The molecular formula is C16H10BrN7O2. The molecule has 26 heavy (non-hydrogen) atoms. The maximum absolute atomic E-state index is 11.7. The van der Waals surface area contributed by atoms with E-state index in [0.717, 1.165) is 4.47 Å². The summed E-state index contributed by atoms with van der Waals surface area (Å²) in [5.41, 5.74) is 1.60. The molecule has 2 aromatic carbocycles. The van der Waals surface area contributed by atoms with E-state index >= 15 is 0 Å². The minimum Gasteiger partial charge on any atom is -0.334 e. The molecule has 0 unspecified atom stereocenters. The average Bonchev–Trinajstić information content (AvgIpc) is 3.07. The Morgan fingerprint density at radius 3 is 2.62 bits per heavy atom. The Morgan fingerprint density at radius 2 is 1.85 bits per heavy atom. The molecule has 0 bridgehead atoms. The lowest BCUT2D eigenvalue weighted by Gasteiger charge is -2.08. The van der Waals surface area contributed by atoms with Gasteiger partial charge in [0.05, 0.1) is 10.4 Å². The molecule has 0 saturated heterocycles. The van der Waals surface area contributed by atoms with Crippen LogP contribution in [0, 0.1) is 10.1 Å². The van der Waals surface area contributed by atoms with Crippen LogP contribution < -0.4 is 5.32 Å². The predicted octanol–water partition coefficient (Wildman–Crippen LogP) is 3.62. The zero-order valence-corrected chi connectivity index (χ0v) is 14.7. The van der Waals surface area contributed by atoms with Crippen LogP contribution in [-0.4, -0.2) is 29.9 Å². The number of benzene rings is 2. The van der Waals surface area contributed by atoms with Crippen molar-refractivity contribution >= 4 is 44.2 Å². The Morgan fingerprint density at radius 1 is 1.08 bits per heavy atom. The van der Waals surface area contributed by atoms with Crippen LogP contribution in [0.15, 0.2) is 59.3 Å². The van der Waals surface area contributed by atoms with Gasteiger partial charge in [-0.3, -0.25) is 10.1 Å². The second-order valence-electron chi connectivity index (χ2n) is 5.27. The van der Waals surface area contributed by atoms with Gasteiger partial charge in [-0.1, -0.05) is 33.3 Å². The average molecular weight is 412 g/mol. The smallest absolute Gasteiger partial charge is 0.334 e. The van der Waals surface area contributed by atoms with Crippen molar-refractivity contribution in [2.24, 2.45) is 0 Å². The first-order valence-electron chi connectivity index (χ1n) is 7.46. The summed E-state index contributed by atoms with van der Waals surface area (Å²) in [5.74, 6) is 0.111. The van der Waals surface area contributed by atoms with Crippen molar-refractivity contribution in [3.8, 4) is 5.82 Å². The minimum absolute atomic E-state index is 0.0401. The fourth-order valence-electron chi connectivity index (χ4n) is 2.48. The first kappa shape index (κ1) is 16.1. The molecule has 1 N–H and O–H groups in total. The molecule has 0 spiro atoms. The molecule has 4 rings (SSSR count). The van der Waals surface area contributed by atoms with Gasteiger partial charge in [-0.05, 0) is 36.4 Å². The monoisotopic (exact) mass is 411 g/mol. The number of aromatic nitrogens is 5. The highest BCUT2D eigenvalue weighted by Crippen LogP contribution is 2.31. The number of fused-ring (bicyclic) bond motifs is 1. The topological polar surface area (TPSA) is 112 Å². The van der Waals surface area contributed by atoms with Crippen LogP contribution in [0.4, 0.5) is 17.2 Å². The van der Waals surface area contributed by atoms with Crippen molar-refractivity contribution in [3.05, 3.63) is 69.4 Å². The normalized spacial score (nSPS) is 10.8. The summed E-state index contributed by atoms with van der Waals surface area (Å²) in [4.78, 5) is 19.3. The molecule has 128 valence electrons. The Bertz CT molecular complexity index is 1110. The lowest BCUT2D eigenvalue weighted by Crippen LogP contribution is -2.08. The Balaban J connectivity index is 1.86. The van der Waals surface area contributed by atoms with Crippen molar-refractivity contribution in [2.45, 2.75) is 0 Å². The van der Waals surface area contributed by atoms with Crippen molar-refractivity contribution in [1.29, 1.82) is 0 Å². The van der Waals surface area contributed by atoms with E-state index in [1.807, 2.05) is 18.2 Å². The molecule has 2 heterocycles. The Labute approximate surface area is 155 Å². The SMILES string of the molecule is O=[N+]([O-])c1c(Nc2ccc(Br)cc2)ncnc1-n1nnc2ccccc21. The number of anilines is 2. The molecule has 0 amide bonds. The fraction of sp³-hybridized carbons (Fsp3) is 0. The van der Waals surface area contributed by atoms with Gasteiger partial charge in [-0.2, -0.15) is 4.68 Å². The van der Waals surface area contributed by atoms with Crippen LogP contribution >= 0.6 is 15.9 Å². The maximum atomic E-state index is 11.7. The molecule has 2 aromatic heterocycles. The number of nitro groups is 1. The van der Waals surface area contributed by atoms with Crippen molar-refractivity contribution < 1.29 is 4.92 Å². The van der Waals surface area contributed by atoms with Gasteiger partial charge < -0.3 is 5.32 Å². The number of para-hydroxylation sites is 1. The van der Waals surface area contributed by atoms with Gasteiger partial charge in [0.2, 0.25) is 11.6 Å². The minimum atomic E-state index is -0.535. The second kappa shape index (κ2) is 6.48. The molecule has 0 fully saturated rings. The van der Waals surface area contributed by atoms with Crippen molar-refractivity contribution in [2.75, 3.05) is 5.32 Å². The summed E-state index contributed by atoms with van der Waals surface area (Å²) in [5, 5.41) is 22.7. The number of hydrogen-bond donors (Lipinski definition) is 1. The zero-order chi connectivity index (χ0) is 18.1. The van der Waals surface area contributed by atoms with Gasteiger partial charge in [-0.15, -0.1) is 5.10 Å². The first-order chi connectivity index (χ1) is 12.6. The van der Waals surface area contributed by atoms with Crippen LogP contribution in [-0.2, 0) is 0 Å². The highest BCUT2D eigenvalue weighted by atomic mass is 79.9. The van der Waals surface area contributed by atoms with Crippen molar-refractivity contribution in [3.63, 3.8) is 0 Å². The van der Waals surface area contributed by atoms with E-state index in [0.29, 0.717) is 16.7 Å². The number of halogens is 1. The maximum Gasteiger partial charge on any atom is 0.356 e. The predicted molar refractivity (Wildman–Crippen MR) is 98.5 cm³/mol. The van der Waals surface area contributed by atoms with Crippen LogP contribution in [0.5, 0.6) is 0 Å². The molecule has 0 atom stereocenters. The van der Waals surface area contributed by atoms with Gasteiger partial charge in [0.25, 0.3) is 0 Å². The molecule has 4 aromatic rings. The quantitative estimate of drug-likeness (QED) is 0.402. The van der Waals surface area contributed by atoms with Gasteiger partial charge in [0, 0.05) is 10.2 Å². The highest BCUT2D eigenvalue weighted by Gasteiger charge is 2.26. The molecule has 0 aliphatic rings. The third-order valence-corrected chi connectivity index (χ3v) is 4.17. The van der Waals surface area contributed by atoms with E-state index in [1.165, 1.54) is 11.0 Å². The van der Waals surface area contributed by atoms with Gasteiger partial charge in [-0.25, -0.2) is 9.97 Å². The third-order valence-electron chi connectivity index (χ3n) is 3.64. The van der Waals surface area contributed by atoms with E-state index in [2.05, 4.69) is 41.5 Å². The summed E-state index contributed by atoms with van der Waals surface area (Å²) >= 11 is 3.35. The molecule has 9 nitrogen and oxygen atoms in total. The standard InChI is InChI=1S/C16H10BrN7O2/c17-10-5-7-11(8-6-10)20-15-14(24(25)26)16(19-9-18-15)23-13-4-2-1-3-12(13)21-22-23/h1-9H,(H,18,19,20). The fourth-order valence-corrected chi connectivity index (χ4v) is 2.74. The lowest BCUT2D eigenvalue weighted by atomic mass is 10.3. The number of nitrogens with one attached hydrogen (secondary N) is 1. The lowest BCUT2D eigenvalue weighted by molar-refractivity contribution is -0.384. The Kier molecular flexibility index (Phi) is 4.01. The highest BCUT2D eigenvalue weighted by molar-refractivity contribution is 9.10. The molecule has 10 heteroatoms. The number of rotatable bonds is 4. The molecular weight excluding hydrogens is 402 g/mol. The van der Waals surface area contributed by atoms with E-state index in [4.69, 9.17) is 0 Å². The van der Waals surface area contributed by atoms with E-state index in [1.54, 1.807) is 30.3 Å². The van der Waals surface area contributed by atoms with Crippen LogP contribution in [0.1, 0.15) is 0 Å². The zero-order valence-electron chi connectivity index (χ0n) is 13.1.